The fraction of sp³-hybridized carbons (Fsp3) is 0.231. The fourth-order valence-electron chi connectivity index (χ4n) is 3.32. The van der Waals surface area contributed by atoms with Crippen molar-refractivity contribution in [2.75, 3.05) is 26.1 Å². The first kappa shape index (κ1) is 19.9. The molecule has 0 atom stereocenters. The van der Waals surface area contributed by atoms with Gasteiger partial charge in [-0.1, -0.05) is 60.7 Å². The molecule has 0 aliphatic heterocycles. The quantitative estimate of drug-likeness (QED) is 0.458. The minimum atomic E-state index is 0.652. The Morgan fingerprint density at radius 3 is 1.54 bits per heavy atom. The summed E-state index contributed by atoms with van der Waals surface area (Å²) in [4.78, 5) is 2.12. The zero-order valence-electron chi connectivity index (χ0n) is 17.5. The van der Waals surface area contributed by atoms with Crippen molar-refractivity contribution in [1.29, 1.82) is 0 Å². The number of anilines is 1. The van der Waals surface area contributed by atoms with Gasteiger partial charge < -0.3 is 9.64 Å². The predicted octanol–water partition coefficient (Wildman–Crippen LogP) is 6.52. The molecule has 0 aromatic heterocycles. The average molecular weight is 372 g/mol. The summed E-state index contributed by atoms with van der Waals surface area (Å²) >= 11 is 0. The monoisotopic (exact) mass is 371 g/mol. The first-order chi connectivity index (χ1) is 13.5. The molecule has 0 fully saturated rings. The van der Waals surface area contributed by atoms with E-state index in [-0.39, 0.29) is 0 Å². The van der Waals surface area contributed by atoms with Crippen LogP contribution >= 0.6 is 0 Å². The van der Waals surface area contributed by atoms with E-state index in [0.29, 0.717) is 6.61 Å². The van der Waals surface area contributed by atoms with E-state index < -0.39 is 0 Å². The van der Waals surface area contributed by atoms with Crippen molar-refractivity contribution in [1.82, 2.24) is 0 Å². The van der Waals surface area contributed by atoms with Gasteiger partial charge in [0, 0.05) is 26.9 Å². The maximum absolute atomic E-state index is 5.20. The van der Waals surface area contributed by atoms with Crippen LogP contribution in [-0.2, 0) is 11.3 Å². The number of ether oxygens (including phenoxy) is 1. The molecule has 2 heteroatoms. The third-order valence-corrected chi connectivity index (χ3v) is 5.30. The number of rotatable bonds is 6. The molecule has 0 bridgehead atoms. The summed E-state index contributed by atoms with van der Waals surface area (Å²) in [5, 5.41) is 0. The molecule has 3 aromatic carbocycles. The van der Waals surface area contributed by atoms with Gasteiger partial charge in [0.2, 0.25) is 0 Å². The molecule has 0 radical (unpaired) electrons. The van der Waals surface area contributed by atoms with Crippen LogP contribution in [0.4, 0.5) is 5.69 Å². The lowest BCUT2D eigenvalue weighted by atomic mass is 9.95. The average Bonchev–Trinajstić information content (AvgIpc) is 2.74. The van der Waals surface area contributed by atoms with Crippen molar-refractivity contribution >= 4 is 16.8 Å². The molecule has 0 amide bonds. The van der Waals surface area contributed by atoms with Gasteiger partial charge in [0.1, 0.15) is 0 Å². The second-order valence-corrected chi connectivity index (χ2v) is 7.40. The summed E-state index contributed by atoms with van der Waals surface area (Å²) in [5.74, 6) is 0. The van der Waals surface area contributed by atoms with E-state index in [1.807, 2.05) is 0 Å². The van der Waals surface area contributed by atoms with Crippen molar-refractivity contribution in [2.45, 2.75) is 20.5 Å². The van der Waals surface area contributed by atoms with E-state index in [1.54, 1.807) is 7.11 Å². The van der Waals surface area contributed by atoms with Gasteiger partial charge >= 0.3 is 0 Å². The van der Waals surface area contributed by atoms with E-state index >= 15 is 0 Å². The standard InChI is InChI=1S/C26H29NO/c1-19(22-8-6-21(7-9-22)18-28-5)20(2)23-10-12-24(13-11-23)25-14-16-26(17-15-25)27(3)4/h6-17H,18H2,1-5H3. The number of allylic oxidation sites excluding steroid dienone is 2. The summed E-state index contributed by atoms with van der Waals surface area (Å²) in [6.45, 7) is 5.03. The summed E-state index contributed by atoms with van der Waals surface area (Å²) in [6.07, 6.45) is 0. The van der Waals surface area contributed by atoms with E-state index in [4.69, 9.17) is 4.74 Å². The Labute approximate surface area is 169 Å². The zero-order valence-corrected chi connectivity index (χ0v) is 17.5. The highest BCUT2D eigenvalue weighted by molar-refractivity contribution is 5.89. The molecule has 0 heterocycles. The van der Waals surface area contributed by atoms with Gasteiger partial charge in [0.05, 0.1) is 6.61 Å². The Kier molecular flexibility index (Phi) is 6.33. The summed E-state index contributed by atoms with van der Waals surface area (Å²) in [6, 6.07) is 26.1. The lowest BCUT2D eigenvalue weighted by Crippen LogP contribution is -2.07. The van der Waals surface area contributed by atoms with Crippen LogP contribution in [0.3, 0.4) is 0 Å². The van der Waals surface area contributed by atoms with Crippen molar-refractivity contribution in [3.8, 4) is 11.1 Å². The molecule has 2 nitrogen and oxygen atoms in total. The van der Waals surface area contributed by atoms with Crippen LogP contribution in [0.2, 0.25) is 0 Å². The van der Waals surface area contributed by atoms with Gasteiger partial charge in [-0.3, -0.25) is 0 Å². The van der Waals surface area contributed by atoms with E-state index in [0.717, 1.165) is 0 Å². The molecule has 0 saturated heterocycles. The van der Waals surface area contributed by atoms with Crippen LogP contribution in [0.1, 0.15) is 30.5 Å². The van der Waals surface area contributed by atoms with Crippen LogP contribution < -0.4 is 4.90 Å². The number of hydrogen-bond acceptors (Lipinski definition) is 2. The molecule has 0 unspecified atom stereocenters. The van der Waals surface area contributed by atoms with Crippen LogP contribution in [0.5, 0.6) is 0 Å². The number of hydrogen-bond donors (Lipinski definition) is 0. The number of methoxy groups -OCH3 is 1. The molecule has 0 saturated carbocycles. The highest BCUT2D eigenvalue weighted by atomic mass is 16.5. The Bertz CT molecular complexity index is 933. The molecule has 3 rings (SSSR count). The highest BCUT2D eigenvalue weighted by Gasteiger charge is 2.05. The van der Waals surface area contributed by atoms with Crippen LogP contribution in [0.25, 0.3) is 22.3 Å². The van der Waals surface area contributed by atoms with Crippen LogP contribution in [-0.4, -0.2) is 21.2 Å². The smallest absolute Gasteiger partial charge is 0.0713 e. The van der Waals surface area contributed by atoms with Crippen molar-refractivity contribution in [3.63, 3.8) is 0 Å². The molecule has 0 spiro atoms. The van der Waals surface area contributed by atoms with Crippen LogP contribution in [0.15, 0.2) is 72.8 Å². The Balaban J connectivity index is 1.82. The first-order valence-electron chi connectivity index (χ1n) is 9.63. The Morgan fingerprint density at radius 1 is 0.679 bits per heavy atom. The molecular weight excluding hydrogens is 342 g/mol. The summed E-state index contributed by atoms with van der Waals surface area (Å²) in [5.41, 5.74) is 9.99. The molecule has 0 aliphatic carbocycles. The lowest BCUT2D eigenvalue weighted by molar-refractivity contribution is 0.185. The van der Waals surface area contributed by atoms with Gasteiger partial charge in [0.25, 0.3) is 0 Å². The van der Waals surface area contributed by atoms with Gasteiger partial charge in [-0.2, -0.15) is 0 Å². The largest absolute Gasteiger partial charge is 0.380 e. The van der Waals surface area contributed by atoms with Crippen molar-refractivity contribution in [3.05, 3.63) is 89.5 Å². The topological polar surface area (TPSA) is 12.5 Å². The Morgan fingerprint density at radius 2 is 1.11 bits per heavy atom. The fourth-order valence-corrected chi connectivity index (χ4v) is 3.32. The Hall–Kier alpha value is -2.84. The minimum absolute atomic E-state index is 0.652. The van der Waals surface area contributed by atoms with Crippen molar-refractivity contribution < 1.29 is 4.74 Å². The SMILES string of the molecule is COCc1ccc(C(C)=C(C)c2ccc(-c3ccc(N(C)C)cc3)cc2)cc1. The maximum atomic E-state index is 5.20. The molecule has 0 N–H and O–H groups in total. The second kappa shape index (κ2) is 8.90. The predicted molar refractivity (Wildman–Crippen MR) is 122 cm³/mol. The first-order valence-corrected chi connectivity index (χ1v) is 9.63. The second-order valence-electron chi connectivity index (χ2n) is 7.40. The van der Waals surface area contributed by atoms with Crippen LogP contribution in [0, 0.1) is 0 Å². The minimum Gasteiger partial charge on any atom is -0.380 e. The highest BCUT2D eigenvalue weighted by Crippen LogP contribution is 2.28. The molecule has 3 aromatic rings. The summed E-state index contributed by atoms with van der Waals surface area (Å²) < 4.78 is 5.20. The van der Waals surface area contributed by atoms with E-state index in [2.05, 4.69) is 106 Å². The summed E-state index contributed by atoms with van der Waals surface area (Å²) in [7, 11) is 5.85. The molecule has 0 aliphatic rings. The van der Waals surface area contributed by atoms with Gasteiger partial charge in [0.15, 0.2) is 0 Å². The molecule has 144 valence electrons. The molecular formula is C26H29NO. The van der Waals surface area contributed by atoms with E-state index in [1.165, 1.54) is 44.7 Å². The van der Waals surface area contributed by atoms with Gasteiger partial charge in [-0.15, -0.1) is 0 Å². The normalized spacial score (nSPS) is 11.9. The zero-order chi connectivity index (χ0) is 20.1. The van der Waals surface area contributed by atoms with E-state index in [9.17, 15) is 0 Å². The maximum Gasteiger partial charge on any atom is 0.0713 e. The molecule has 28 heavy (non-hydrogen) atoms. The van der Waals surface area contributed by atoms with Gasteiger partial charge in [-0.25, -0.2) is 0 Å². The van der Waals surface area contributed by atoms with Crippen molar-refractivity contribution in [2.24, 2.45) is 0 Å². The number of benzene rings is 3. The number of nitrogens with zero attached hydrogens (tertiary/aromatic N) is 1. The lowest BCUT2D eigenvalue weighted by Gasteiger charge is -2.13. The third kappa shape index (κ3) is 4.52. The third-order valence-electron chi connectivity index (χ3n) is 5.30. The van der Waals surface area contributed by atoms with Gasteiger partial charge in [-0.05, 0) is 64.9 Å².